The molecule has 0 aliphatic carbocycles. The van der Waals surface area contributed by atoms with Crippen molar-refractivity contribution in [3.05, 3.63) is 40.9 Å². The van der Waals surface area contributed by atoms with Gasteiger partial charge in [0.05, 0.1) is 18.1 Å². The van der Waals surface area contributed by atoms with Crippen LogP contribution in [0.25, 0.3) is 11.4 Å². The van der Waals surface area contributed by atoms with Gasteiger partial charge in [0.1, 0.15) is 10.3 Å². The van der Waals surface area contributed by atoms with E-state index >= 15 is 0 Å². The molecule has 0 N–H and O–H groups in total. The van der Waals surface area contributed by atoms with Crippen LogP contribution >= 0.6 is 15.9 Å². The van der Waals surface area contributed by atoms with Crippen molar-refractivity contribution >= 4 is 15.9 Å². The molecule has 0 unspecified atom stereocenters. The number of halogens is 1. The maximum Gasteiger partial charge on any atom is 0.125 e. The van der Waals surface area contributed by atoms with E-state index in [0.717, 1.165) is 21.6 Å². The molecule has 2 rings (SSSR count). The van der Waals surface area contributed by atoms with Gasteiger partial charge in [-0.25, -0.2) is 4.98 Å². The third kappa shape index (κ3) is 1.96. The van der Waals surface area contributed by atoms with E-state index in [1.165, 1.54) is 0 Å². The highest BCUT2D eigenvalue weighted by Gasteiger charge is 2.00. The normalized spacial score (nSPS) is 10.1. The van der Waals surface area contributed by atoms with Gasteiger partial charge in [0.2, 0.25) is 0 Å². The van der Waals surface area contributed by atoms with Crippen LogP contribution in [0.2, 0.25) is 0 Å². The van der Waals surface area contributed by atoms with Gasteiger partial charge in [-0.15, -0.1) is 0 Å². The van der Waals surface area contributed by atoms with Gasteiger partial charge >= 0.3 is 0 Å². The van der Waals surface area contributed by atoms with Crippen LogP contribution in [0.15, 0.2) is 35.3 Å². The molecule has 4 heteroatoms. The number of aromatic nitrogens is 3. The van der Waals surface area contributed by atoms with Crippen molar-refractivity contribution in [2.45, 2.75) is 6.92 Å². The number of hydrogen-bond donors (Lipinski definition) is 0. The lowest BCUT2D eigenvalue weighted by Gasteiger charge is -1.99. The zero-order valence-electron chi connectivity index (χ0n) is 7.61. The van der Waals surface area contributed by atoms with Gasteiger partial charge in [-0.2, -0.15) is 0 Å². The Morgan fingerprint density at radius 1 is 1.07 bits per heavy atom. The average molecular weight is 250 g/mol. The zero-order valence-corrected chi connectivity index (χ0v) is 9.19. The Bertz CT molecular complexity index is 439. The lowest BCUT2D eigenvalue weighted by atomic mass is 10.2. The second-order valence-corrected chi connectivity index (χ2v) is 3.76. The van der Waals surface area contributed by atoms with Gasteiger partial charge in [-0.1, -0.05) is 6.07 Å². The predicted octanol–water partition coefficient (Wildman–Crippen LogP) is 2.61. The highest BCUT2D eigenvalue weighted by molar-refractivity contribution is 9.10. The van der Waals surface area contributed by atoms with Crippen LogP contribution in [-0.4, -0.2) is 15.0 Å². The van der Waals surface area contributed by atoms with Crippen molar-refractivity contribution in [1.29, 1.82) is 0 Å². The van der Waals surface area contributed by atoms with Gasteiger partial charge in [0.15, 0.2) is 0 Å². The van der Waals surface area contributed by atoms with Gasteiger partial charge in [-0.3, -0.25) is 9.97 Å². The molecule has 70 valence electrons. The monoisotopic (exact) mass is 249 g/mol. The van der Waals surface area contributed by atoms with E-state index in [0.29, 0.717) is 0 Å². The van der Waals surface area contributed by atoms with Crippen LogP contribution in [0.5, 0.6) is 0 Å². The Morgan fingerprint density at radius 2 is 1.93 bits per heavy atom. The Morgan fingerprint density at radius 3 is 2.57 bits per heavy atom. The molecule has 0 aromatic carbocycles. The maximum atomic E-state index is 4.27. The summed E-state index contributed by atoms with van der Waals surface area (Å²) in [6, 6.07) is 3.94. The van der Waals surface area contributed by atoms with E-state index in [4.69, 9.17) is 0 Å². The fourth-order valence-corrected chi connectivity index (χ4v) is 1.39. The summed E-state index contributed by atoms with van der Waals surface area (Å²) in [6.45, 7) is 2.00. The molecule has 0 aliphatic heterocycles. The van der Waals surface area contributed by atoms with Crippen LogP contribution in [0.4, 0.5) is 0 Å². The van der Waals surface area contributed by atoms with Gasteiger partial charge < -0.3 is 0 Å². The van der Waals surface area contributed by atoms with Crippen LogP contribution in [-0.2, 0) is 0 Å². The van der Waals surface area contributed by atoms with Crippen LogP contribution in [0.3, 0.4) is 0 Å². The van der Waals surface area contributed by atoms with Gasteiger partial charge in [-0.05, 0) is 34.5 Å². The fourth-order valence-electron chi connectivity index (χ4n) is 1.08. The molecular weight excluding hydrogens is 242 g/mol. The van der Waals surface area contributed by atoms with Crippen molar-refractivity contribution in [3.8, 4) is 11.4 Å². The first-order valence-corrected chi connectivity index (χ1v) is 4.95. The summed E-state index contributed by atoms with van der Waals surface area (Å²) in [7, 11) is 0. The SMILES string of the molecule is Cc1ccc(-c2cncc(Br)n2)nc1. The molecule has 2 aromatic heterocycles. The lowest BCUT2D eigenvalue weighted by Crippen LogP contribution is -1.89. The molecule has 0 saturated carbocycles. The quantitative estimate of drug-likeness (QED) is 0.780. The number of rotatable bonds is 1. The molecule has 0 radical (unpaired) electrons. The van der Waals surface area contributed by atoms with Crippen molar-refractivity contribution in [2.75, 3.05) is 0 Å². The summed E-state index contributed by atoms with van der Waals surface area (Å²) >= 11 is 3.27. The number of hydrogen-bond acceptors (Lipinski definition) is 3. The minimum Gasteiger partial charge on any atom is -0.260 e. The predicted molar refractivity (Wildman–Crippen MR) is 57.7 cm³/mol. The third-order valence-corrected chi connectivity index (χ3v) is 2.16. The Labute approximate surface area is 90.4 Å². The number of nitrogens with zero attached hydrogens (tertiary/aromatic N) is 3. The fraction of sp³-hybridized carbons (Fsp3) is 0.100. The van der Waals surface area contributed by atoms with E-state index in [-0.39, 0.29) is 0 Å². The minimum absolute atomic E-state index is 0.720. The van der Waals surface area contributed by atoms with Gasteiger partial charge in [0.25, 0.3) is 0 Å². The van der Waals surface area contributed by atoms with Crippen molar-refractivity contribution < 1.29 is 0 Å². The van der Waals surface area contributed by atoms with Crippen LogP contribution in [0.1, 0.15) is 5.56 Å². The molecule has 0 amide bonds. The second kappa shape index (κ2) is 3.84. The maximum absolute atomic E-state index is 4.27. The highest BCUT2D eigenvalue weighted by Crippen LogP contribution is 2.15. The number of pyridine rings is 1. The minimum atomic E-state index is 0.720. The van der Waals surface area contributed by atoms with Crippen LogP contribution in [0, 0.1) is 6.92 Å². The van der Waals surface area contributed by atoms with E-state index in [1.807, 2.05) is 25.3 Å². The summed E-state index contributed by atoms with van der Waals surface area (Å²) in [5, 5.41) is 0. The summed E-state index contributed by atoms with van der Waals surface area (Å²) in [4.78, 5) is 12.6. The van der Waals surface area contributed by atoms with E-state index < -0.39 is 0 Å². The summed E-state index contributed by atoms with van der Waals surface area (Å²) in [6.07, 6.45) is 5.16. The first-order chi connectivity index (χ1) is 6.75. The Balaban J connectivity index is 2.44. The lowest BCUT2D eigenvalue weighted by molar-refractivity contribution is 1.14. The van der Waals surface area contributed by atoms with E-state index in [1.54, 1.807) is 12.4 Å². The second-order valence-electron chi connectivity index (χ2n) is 2.95. The molecule has 2 heterocycles. The van der Waals surface area contributed by atoms with Crippen molar-refractivity contribution in [1.82, 2.24) is 15.0 Å². The van der Waals surface area contributed by atoms with E-state index in [9.17, 15) is 0 Å². The molecule has 0 aliphatic rings. The smallest absolute Gasteiger partial charge is 0.125 e. The first kappa shape index (κ1) is 9.27. The summed E-state index contributed by atoms with van der Waals surface area (Å²) < 4.78 is 0.720. The van der Waals surface area contributed by atoms with Crippen LogP contribution < -0.4 is 0 Å². The Kier molecular flexibility index (Phi) is 2.54. The standard InChI is InChI=1S/C10H8BrN3/c1-7-2-3-8(13-4-7)9-5-12-6-10(11)14-9/h2-6H,1H3. The van der Waals surface area contributed by atoms with Crippen molar-refractivity contribution in [2.24, 2.45) is 0 Å². The molecule has 0 spiro atoms. The molecular formula is C10H8BrN3. The van der Waals surface area contributed by atoms with Gasteiger partial charge in [0, 0.05) is 6.20 Å². The zero-order chi connectivity index (χ0) is 9.97. The van der Waals surface area contributed by atoms with E-state index in [2.05, 4.69) is 30.9 Å². The topological polar surface area (TPSA) is 38.7 Å². The summed E-state index contributed by atoms with van der Waals surface area (Å²) in [5.74, 6) is 0. The largest absolute Gasteiger partial charge is 0.260 e. The average Bonchev–Trinajstić information content (AvgIpc) is 2.19. The third-order valence-electron chi connectivity index (χ3n) is 1.78. The molecule has 0 fully saturated rings. The number of aryl methyl sites for hydroxylation is 1. The Hall–Kier alpha value is -1.29. The molecule has 0 bridgehead atoms. The molecule has 2 aromatic rings. The van der Waals surface area contributed by atoms with Crippen molar-refractivity contribution in [3.63, 3.8) is 0 Å². The first-order valence-electron chi connectivity index (χ1n) is 4.16. The summed E-state index contributed by atoms with van der Waals surface area (Å²) in [5.41, 5.74) is 2.75. The highest BCUT2D eigenvalue weighted by atomic mass is 79.9. The molecule has 14 heavy (non-hydrogen) atoms. The molecule has 0 atom stereocenters. The molecule has 0 saturated heterocycles. The molecule has 3 nitrogen and oxygen atoms in total.